The Kier molecular flexibility index (Phi) is 1.56. The smallest absolute Gasteiger partial charge is 0.0885 e. The van der Waals surface area contributed by atoms with E-state index in [-0.39, 0.29) is 0 Å². The molecule has 1 N–H and O–H groups in total. The van der Waals surface area contributed by atoms with Crippen LogP contribution in [0.3, 0.4) is 0 Å². The molecule has 17 heavy (non-hydrogen) atoms. The lowest BCUT2D eigenvalue weighted by Gasteiger charge is -2.02. The van der Waals surface area contributed by atoms with Crippen molar-refractivity contribution in [3.05, 3.63) is 48.8 Å². The molecule has 3 heterocycles. The first kappa shape index (κ1) is 8.70. The number of rotatable bonds is 0. The molecule has 0 spiro atoms. The number of aromatic nitrogens is 3. The fourth-order valence-corrected chi connectivity index (χ4v) is 2.26. The van der Waals surface area contributed by atoms with E-state index < -0.39 is 0 Å². The number of pyridine rings is 2. The first-order valence-electron chi connectivity index (χ1n) is 5.53. The van der Waals surface area contributed by atoms with Gasteiger partial charge in [-0.15, -0.1) is 0 Å². The fourth-order valence-electron chi connectivity index (χ4n) is 2.26. The van der Waals surface area contributed by atoms with E-state index in [0.29, 0.717) is 0 Å². The van der Waals surface area contributed by atoms with Crippen molar-refractivity contribution in [3.8, 4) is 11.4 Å². The van der Waals surface area contributed by atoms with Gasteiger partial charge in [0.15, 0.2) is 0 Å². The van der Waals surface area contributed by atoms with E-state index in [1.165, 1.54) is 0 Å². The van der Waals surface area contributed by atoms with Crippen molar-refractivity contribution in [2.45, 2.75) is 0 Å². The van der Waals surface area contributed by atoms with Crippen molar-refractivity contribution in [2.24, 2.45) is 0 Å². The Bertz CT molecular complexity index is 795. The largest absolute Gasteiger partial charge is 0.351 e. The van der Waals surface area contributed by atoms with Gasteiger partial charge < -0.3 is 4.98 Å². The molecular formula is C14H9N3. The molecule has 0 saturated heterocycles. The number of para-hydroxylation sites is 1. The molecule has 0 fully saturated rings. The molecule has 3 heteroatoms. The van der Waals surface area contributed by atoms with E-state index in [4.69, 9.17) is 0 Å². The second-order valence-electron chi connectivity index (χ2n) is 4.12. The maximum atomic E-state index is 4.61. The van der Waals surface area contributed by atoms with Crippen LogP contribution in [0.25, 0.3) is 33.2 Å². The Morgan fingerprint density at radius 3 is 3.00 bits per heavy atom. The maximum absolute atomic E-state index is 4.61. The average Bonchev–Trinajstić information content (AvgIpc) is 2.73. The van der Waals surface area contributed by atoms with Crippen LogP contribution in [0, 0.1) is 0 Å². The lowest BCUT2D eigenvalue weighted by molar-refractivity contribution is 1.30. The number of aromatic amines is 1. The minimum Gasteiger partial charge on any atom is -0.351 e. The molecule has 80 valence electrons. The topological polar surface area (TPSA) is 41.6 Å². The number of hydrogen-bond acceptors (Lipinski definition) is 2. The van der Waals surface area contributed by atoms with Gasteiger partial charge in [-0.05, 0) is 18.2 Å². The summed E-state index contributed by atoms with van der Waals surface area (Å²) >= 11 is 0. The minimum absolute atomic E-state index is 1.00. The molecular weight excluding hydrogens is 210 g/mol. The highest BCUT2D eigenvalue weighted by Crippen LogP contribution is 2.31. The molecule has 0 saturated carbocycles. The minimum atomic E-state index is 1.00. The first-order chi connectivity index (χ1) is 8.42. The van der Waals surface area contributed by atoms with Gasteiger partial charge in [-0.3, -0.25) is 4.98 Å². The van der Waals surface area contributed by atoms with Crippen LogP contribution in [0.5, 0.6) is 0 Å². The van der Waals surface area contributed by atoms with Gasteiger partial charge in [-0.1, -0.05) is 18.2 Å². The van der Waals surface area contributed by atoms with Gasteiger partial charge in [0.05, 0.1) is 28.6 Å². The standard InChI is InChI=1S/C14H9N3/c1-2-4-11-10(3-1)14-12(16-11)7-9-5-6-15-8-13(9)17-14/h1-8,17H. The van der Waals surface area contributed by atoms with E-state index in [9.17, 15) is 0 Å². The number of benzene rings is 1. The Morgan fingerprint density at radius 1 is 1.06 bits per heavy atom. The zero-order valence-corrected chi connectivity index (χ0v) is 9.01. The van der Waals surface area contributed by atoms with Crippen LogP contribution < -0.4 is 0 Å². The monoisotopic (exact) mass is 219 g/mol. The zero-order chi connectivity index (χ0) is 11.2. The van der Waals surface area contributed by atoms with Crippen LogP contribution >= 0.6 is 0 Å². The Labute approximate surface area is 97.5 Å². The second kappa shape index (κ2) is 3.04. The third kappa shape index (κ3) is 1.16. The molecule has 1 aromatic heterocycles. The SMILES string of the molecule is c1ccc2c3[nH]c4cnccc4cc-3nc2c1. The highest BCUT2D eigenvalue weighted by molar-refractivity contribution is 5.99. The van der Waals surface area contributed by atoms with E-state index in [2.05, 4.69) is 27.1 Å². The summed E-state index contributed by atoms with van der Waals surface area (Å²) in [5.41, 5.74) is 4.16. The van der Waals surface area contributed by atoms with Crippen LogP contribution in [-0.2, 0) is 0 Å². The predicted molar refractivity (Wildman–Crippen MR) is 68.0 cm³/mol. The van der Waals surface area contributed by atoms with Crippen molar-refractivity contribution in [2.75, 3.05) is 0 Å². The Hall–Kier alpha value is -2.42. The summed E-state index contributed by atoms with van der Waals surface area (Å²) in [5, 5.41) is 2.29. The predicted octanol–water partition coefficient (Wildman–Crippen LogP) is 3.22. The zero-order valence-electron chi connectivity index (χ0n) is 9.01. The normalized spacial score (nSPS) is 11.5. The van der Waals surface area contributed by atoms with Crippen molar-refractivity contribution < 1.29 is 0 Å². The van der Waals surface area contributed by atoms with Gasteiger partial charge in [0, 0.05) is 17.0 Å². The molecule has 0 bridgehead atoms. The third-order valence-corrected chi connectivity index (χ3v) is 3.08. The number of H-pyrrole nitrogens is 1. The highest BCUT2D eigenvalue weighted by Gasteiger charge is 2.12. The van der Waals surface area contributed by atoms with Crippen molar-refractivity contribution in [1.82, 2.24) is 15.0 Å². The summed E-state index contributed by atoms with van der Waals surface area (Å²) in [5.74, 6) is 0. The molecule has 4 rings (SSSR count). The molecule has 0 unspecified atom stereocenters. The van der Waals surface area contributed by atoms with Gasteiger partial charge in [-0.25, -0.2) is 4.98 Å². The van der Waals surface area contributed by atoms with E-state index in [1.807, 2.05) is 30.5 Å². The average molecular weight is 219 g/mol. The van der Waals surface area contributed by atoms with Gasteiger partial charge in [-0.2, -0.15) is 0 Å². The van der Waals surface area contributed by atoms with Crippen molar-refractivity contribution in [1.29, 1.82) is 0 Å². The molecule has 3 nitrogen and oxygen atoms in total. The van der Waals surface area contributed by atoms with Crippen LogP contribution in [0.4, 0.5) is 0 Å². The molecule has 2 aromatic rings. The molecule has 0 radical (unpaired) electrons. The summed E-state index contributed by atoms with van der Waals surface area (Å²) in [7, 11) is 0. The lowest BCUT2D eigenvalue weighted by Crippen LogP contribution is -1.86. The number of nitrogens with zero attached hydrogens (tertiary/aromatic N) is 2. The summed E-state index contributed by atoms with van der Waals surface area (Å²) in [6.45, 7) is 0. The van der Waals surface area contributed by atoms with Crippen molar-refractivity contribution >= 4 is 21.8 Å². The summed E-state index contributed by atoms with van der Waals surface area (Å²) in [6.07, 6.45) is 3.64. The molecule has 1 aromatic carbocycles. The van der Waals surface area contributed by atoms with Gasteiger partial charge in [0.1, 0.15) is 0 Å². The van der Waals surface area contributed by atoms with Gasteiger partial charge >= 0.3 is 0 Å². The van der Waals surface area contributed by atoms with Crippen molar-refractivity contribution in [3.63, 3.8) is 0 Å². The van der Waals surface area contributed by atoms with Gasteiger partial charge in [0.25, 0.3) is 0 Å². The van der Waals surface area contributed by atoms with Crippen LogP contribution in [0.15, 0.2) is 48.8 Å². The Morgan fingerprint density at radius 2 is 2.00 bits per heavy atom. The van der Waals surface area contributed by atoms with Crippen LogP contribution in [0.2, 0.25) is 0 Å². The van der Waals surface area contributed by atoms with Crippen LogP contribution in [0.1, 0.15) is 0 Å². The number of nitrogens with one attached hydrogen (secondary N) is 1. The lowest BCUT2D eigenvalue weighted by atomic mass is 10.1. The molecule has 2 aliphatic heterocycles. The first-order valence-corrected chi connectivity index (χ1v) is 5.53. The van der Waals surface area contributed by atoms with Gasteiger partial charge in [0.2, 0.25) is 0 Å². The van der Waals surface area contributed by atoms with E-state index >= 15 is 0 Å². The highest BCUT2D eigenvalue weighted by atomic mass is 14.8. The number of fused-ring (bicyclic) bond motifs is 4. The van der Waals surface area contributed by atoms with E-state index in [0.717, 1.165) is 33.2 Å². The van der Waals surface area contributed by atoms with Crippen LogP contribution in [-0.4, -0.2) is 15.0 Å². The quantitative estimate of drug-likeness (QED) is 0.493. The third-order valence-electron chi connectivity index (χ3n) is 3.08. The second-order valence-corrected chi connectivity index (χ2v) is 4.12. The molecule has 2 aliphatic rings. The maximum Gasteiger partial charge on any atom is 0.0885 e. The fraction of sp³-hybridized carbons (Fsp3) is 0. The summed E-state index contributed by atoms with van der Waals surface area (Å²) in [4.78, 5) is 12.2. The molecule has 0 aliphatic carbocycles. The molecule has 0 atom stereocenters. The summed E-state index contributed by atoms with van der Waals surface area (Å²) in [6, 6.07) is 12.3. The number of hydrogen-bond donors (Lipinski definition) is 1. The van der Waals surface area contributed by atoms with E-state index in [1.54, 1.807) is 6.20 Å². The Balaban J connectivity index is 2.25. The summed E-state index contributed by atoms with van der Waals surface area (Å²) < 4.78 is 0. The molecule has 0 amide bonds.